The van der Waals surface area contributed by atoms with E-state index < -0.39 is 0 Å². The number of amides is 1. The summed E-state index contributed by atoms with van der Waals surface area (Å²) in [5.74, 6) is 0.497. The Morgan fingerprint density at radius 2 is 1.79 bits per heavy atom. The minimum Gasteiger partial charge on any atom is -0.484 e. The molecule has 6 nitrogen and oxygen atoms in total. The van der Waals surface area contributed by atoms with Crippen molar-refractivity contribution >= 4 is 28.2 Å². The molecule has 2 heterocycles. The Morgan fingerprint density at radius 3 is 2.55 bits per heavy atom. The number of benzene rings is 3. The third-order valence-corrected chi connectivity index (χ3v) is 7.14. The molecular formula is C32H36N4O2. The van der Waals surface area contributed by atoms with Gasteiger partial charge in [-0.15, -0.1) is 0 Å². The lowest BCUT2D eigenvalue weighted by atomic mass is 9.99. The molecular weight excluding hydrogens is 472 g/mol. The van der Waals surface area contributed by atoms with Crippen LogP contribution in [0.15, 0.2) is 79.1 Å². The molecule has 1 amide bonds. The Bertz CT molecular complexity index is 1410. The molecule has 1 aliphatic rings. The van der Waals surface area contributed by atoms with Crippen molar-refractivity contribution in [3.63, 3.8) is 0 Å². The third kappa shape index (κ3) is 6.50. The number of rotatable bonds is 10. The number of aromatic nitrogens is 2. The summed E-state index contributed by atoms with van der Waals surface area (Å²) in [5.41, 5.74) is 7.85. The molecule has 38 heavy (non-hydrogen) atoms. The molecule has 0 spiro atoms. The van der Waals surface area contributed by atoms with Gasteiger partial charge in [-0.2, -0.15) is 0 Å². The number of aryl methyl sites for hydroxylation is 3. The highest BCUT2D eigenvalue weighted by molar-refractivity contribution is 5.94. The molecule has 0 unspecified atom stereocenters. The number of carbonyl (C=O) groups excluding carboxylic acids is 1. The molecule has 6 heteroatoms. The van der Waals surface area contributed by atoms with Crippen molar-refractivity contribution < 1.29 is 9.53 Å². The fourth-order valence-corrected chi connectivity index (χ4v) is 5.09. The van der Waals surface area contributed by atoms with Crippen LogP contribution < -0.4 is 10.1 Å². The van der Waals surface area contributed by atoms with Crippen LogP contribution in [0, 0.1) is 13.8 Å². The maximum absolute atomic E-state index is 12.4. The molecule has 0 fully saturated rings. The number of nitrogens with zero attached hydrogens (tertiary/aromatic N) is 3. The van der Waals surface area contributed by atoms with Crippen LogP contribution in [0.5, 0.6) is 5.75 Å². The molecule has 3 aromatic carbocycles. The molecule has 0 aliphatic carbocycles. The summed E-state index contributed by atoms with van der Waals surface area (Å²) in [4.78, 5) is 19.6. The number of hydrogen-bond acceptors (Lipinski definition) is 4. The summed E-state index contributed by atoms with van der Waals surface area (Å²) in [5, 5.41) is 2.94. The van der Waals surface area contributed by atoms with Gasteiger partial charge >= 0.3 is 0 Å². The number of ether oxygens (including phenoxy) is 1. The molecule has 0 bridgehead atoms. The SMILES string of the molecule is Cc1ccc(OCC(=O)Nc2cc(C)c3c(c2)ncn3CCCCN2CC=C(c3ccccc3)CC2)cc1. The maximum Gasteiger partial charge on any atom is 0.262 e. The van der Waals surface area contributed by atoms with E-state index in [1.807, 2.05) is 49.6 Å². The summed E-state index contributed by atoms with van der Waals surface area (Å²) in [7, 11) is 0. The number of fused-ring (bicyclic) bond motifs is 1. The first kappa shape index (κ1) is 25.7. The summed E-state index contributed by atoms with van der Waals surface area (Å²) >= 11 is 0. The van der Waals surface area contributed by atoms with Crippen LogP contribution in [-0.4, -0.2) is 46.6 Å². The van der Waals surface area contributed by atoms with Gasteiger partial charge in [0.2, 0.25) is 0 Å². The first-order valence-corrected chi connectivity index (χ1v) is 13.5. The quantitative estimate of drug-likeness (QED) is 0.258. The fraction of sp³-hybridized carbons (Fsp3) is 0.312. The van der Waals surface area contributed by atoms with Crippen LogP contribution >= 0.6 is 0 Å². The van der Waals surface area contributed by atoms with Gasteiger partial charge in [-0.05, 0) is 80.6 Å². The molecule has 1 aliphatic heterocycles. The summed E-state index contributed by atoms with van der Waals surface area (Å²) < 4.78 is 7.84. The highest BCUT2D eigenvalue weighted by Crippen LogP contribution is 2.24. The zero-order chi connectivity index (χ0) is 26.3. The van der Waals surface area contributed by atoms with Gasteiger partial charge in [0, 0.05) is 25.3 Å². The van der Waals surface area contributed by atoms with Gasteiger partial charge in [0.25, 0.3) is 5.91 Å². The van der Waals surface area contributed by atoms with Crippen molar-refractivity contribution in [1.82, 2.24) is 14.5 Å². The zero-order valence-electron chi connectivity index (χ0n) is 22.3. The van der Waals surface area contributed by atoms with E-state index in [0.29, 0.717) is 5.75 Å². The van der Waals surface area contributed by atoms with Gasteiger partial charge in [0.1, 0.15) is 5.75 Å². The molecule has 0 atom stereocenters. The van der Waals surface area contributed by atoms with E-state index in [4.69, 9.17) is 4.74 Å². The van der Waals surface area contributed by atoms with E-state index in [0.717, 1.165) is 73.3 Å². The maximum atomic E-state index is 12.4. The van der Waals surface area contributed by atoms with Crippen molar-refractivity contribution in [3.8, 4) is 5.75 Å². The monoisotopic (exact) mass is 508 g/mol. The second kappa shape index (κ2) is 12.1. The Morgan fingerprint density at radius 1 is 1.00 bits per heavy atom. The molecule has 1 aromatic heterocycles. The van der Waals surface area contributed by atoms with Crippen LogP contribution in [0.4, 0.5) is 5.69 Å². The van der Waals surface area contributed by atoms with Crippen molar-refractivity contribution in [1.29, 1.82) is 0 Å². The smallest absolute Gasteiger partial charge is 0.262 e. The topological polar surface area (TPSA) is 59.4 Å². The van der Waals surface area contributed by atoms with Gasteiger partial charge < -0.3 is 14.6 Å². The van der Waals surface area contributed by atoms with Crippen LogP contribution in [0.3, 0.4) is 0 Å². The van der Waals surface area contributed by atoms with Crippen molar-refractivity contribution in [3.05, 3.63) is 95.8 Å². The molecule has 196 valence electrons. The Labute approximate surface area is 224 Å². The van der Waals surface area contributed by atoms with Crippen LogP contribution in [0.25, 0.3) is 16.6 Å². The second-order valence-corrected chi connectivity index (χ2v) is 10.1. The van der Waals surface area contributed by atoms with Gasteiger partial charge in [0.15, 0.2) is 6.61 Å². The largest absolute Gasteiger partial charge is 0.484 e. The minimum absolute atomic E-state index is 0.0328. The lowest BCUT2D eigenvalue weighted by molar-refractivity contribution is -0.118. The van der Waals surface area contributed by atoms with E-state index in [-0.39, 0.29) is 12.5 Å². The predicted molar refractivity (Wildman–Crippen MR) is 154 cm³/mol. The number of unbranched alkanes of at least 4 members (excludes halogenated alkanes) is 1. The molecule has 0 saturated heterocycles. The molecule has 5 rings (SSSR count). The molecule has 0 radical (unpaired) electrons. The summed E-state index contributed by atoms with van der Waals surface area (Å²) in [6.45, 7) is 8.26. The average Bonchev–Trinajstić information content (AvgIpc) is 3.35. The second-order valence-electron chi connectivity index (χ2n) is 10.1. The fourth-order valence-electron chi connectivity index (χ4n) is 5.09. The highest BCUT2D eigenvalue weighted by Gasteiger charge is 2.13. The Kier molecular flexibility index (Phi) is 8.19. The van der Waals surface area contributed by atoms with E-state index >= 15 is 0 Å². The van der Waals surface area contributed by atoms with Crippen LogP contribution in [0.1, 0.15) is 36.0 Å². The zero-order valence-corrected chi connectivity index (χ0v) is 22.3. The summed E-state index contributed by atoms with van der Waals surface area (Å²) in [6.07, 6.45) is 7.68. The Balaban J connectivity index is 1.10. The van der Waals surface area contributed by atoms with Gasteiger partial charge in [-0.25, -0.2) is 4.98 Å². The Hall–Kier alpha value is -3.90. The highest BCUT2D eigenvalue weighted by atomic mass is 16.5. The van der Waals surface area contributed by atoms with Crippen molar-refractivity contribution in [2.75, 3.05) is 31.6 Å². The predicted octanol–water partition coefficient (Wildman–Crippen LogP) is 6.24. The van der Waals surface area contributed by atoms with E-state index in [1.54, 1.807) is 0 Å². The van der Waals surface area contributed by atoms with E-state index in [2.05, 4.69) is 63.1 Å². The standard InChI is InChI=1S/C32H36N4O2/c1-24-10-12-29(13-11-24)38-22-31(37)34-28-20-25(2)32-30(21-28)33-23-36(32)17-7-6-16-35-18-14-27(15-19-35)26-8-4-3-5-9-26/h3-5,8-14,20-21,23H,6-7,15-19,22H2,1-2H3,(H,34,37). The van der Waals surface area contributed by atoms with Crippen molar-refractivity contribution in [2.24, 2.45) is 0 Å². The van der Waals surface area contributed by atoms with Gasteiger partial charge in [-0.1, -0.05) is 54.1 Å². The number of imidazole rings is 1. The number of nitrogens with one attached hydrogen (secondary N) is 1. The van der Waals surface area contributed by atoms with Crippen LogP contribution in [0.2, 0.25) is 0 Å². The lowest BCUT2D eigenvalue weighted by Gasteiger charge is -2.26. The van der Waals surface area contributed by atoms with E-state index in [9.17, 15) is 4.79 Å². The van der Waals surface area contributed by atoms with Gasteiger partial charge in [0.05, 0.1) is 17.4 Å². The molecule has 4 aromatic rings. The summed E-state index contributed by atoms with van der Waals surface area (Å²) in [6, 6.07) is 22.3. The third-order valence-electron chi connectivity index (χ3n) is 7.14. The number of hydrogen-bond donors (Lipinski definition) is 1. The normalized spacial score (nSPS) is 13.9. The molecule has 0 saturated carbocycles. The lowest BCUT2D eigenvalue weighted by Crippen LogP contribution is -2.29. The van der Waals surface area contributed by atoms with E-state index in [1.165, 1.54) is 11.1 Å². The first-order valence-electron chi connectivity index (χ1n) is 13.5. The number of anilines is 1. The van der Waals surface area contributed by atoms with Crippen molar-refractivity contribution in [2.45, 2.75) is 39.7 Å². The van der Waals surface area contributed by atoms with Gasteiger partial charge in [-0.3, -0.25) is 9.69 Å². The molecule has 1 N–H and O–H groups in total. The average molecular weight is 509 g/mol. The first-order chi connectivity index (χ1) is 18.5. The number of carbonyl (C=O) groups is 1. The van der Waals surface area contributed by atoms with Crippen LogP contribution in [-0.2, 0) is 11.3 Å². The minimum atomic E-state index is -0.188.